The zero-order valence-corrected chi connectivity index (χ0v) is 25.8. The molecule has 232 valence electrons. The van der Waals surface area contributed by atoms with E-state index in [9.17, 15) is 4.79 Å². The Morgan fingerprint density at radius 1 is 0.711 bits per heavy atom. The van der Waals surface area contributed by atoms with Crippen molar-refractivity contribution in [3.8, 4) is 11.1 Å². The number of esters is 1. The van der Waals surface area contributed by atoms with Crippen LogP contribution in [-0.4, -0.2) is 52.2 Å². The molecule has 6 heteroatoms. The van der Waals surface area contributed by atoms with E-state index in [1.165, 1.54) is 11.1 Å². The van der Waals surface area contributed by atoms with E-state index in [0.29, 0.717) is 38.6 Å². The molecule has 0 saturated heterocycles. The van der Waals surface area contributed by atoms with Crippen LogP contribution in [0.3, 0.4) is 0 Å². The number of hydrogen-bond acceptors (Lipinski definition) is 6. The molecule has 4 aromatic carbocycles. The van der Waals surface area contributed by atoms with Crippen LogP contribution < -0.4 is 0 Å². The van der Waals surface area contributed by atoms with Gasteiger partial charge in [0.1, 0.15) is 19.8 Å². The lowest BCUT2D eigenvalue weighted by molar-refractivity contribution is -0.292. The summed E-state index contributed by atoms with van der Waals surface area (Å²) in [4.78, 5) is 23.7. The Morgan fingerprint density at radius 2 is 1.29 bits per heavy atom. The maximum absolute atomic E-state index is 13.7. The Hall–Kier alpha value is -4.33. The minimum Gasteiger partial charge on any atom is -0.460 e. The standard InChI is InChI=1S/C39H40O6/c1-30(2)29-45-44-27-25-42-23-22-41-24-26-43-38(40)37-35(31-12-6-3-7-13-31)19-18-32-28-39(21-20-36(32)37,33-14-8-4-9-15-33)34-16-10-5-11-17-34/h3-21H,1,22-29H2,2H3. The highest BCUT2D eigenvalue weighted by molar-refractivity contribution is 6.02. The first-order valence-corrected chi connectivity index (χ1v) is 15.3. The van der Waals surface area contributed by atoms with Gasteiger partial charge in [-0.25, -0.2) is 14.6 Å². The van der Waals surface area contributed by atoms with Gasteiger partial charge in [-0.2, -0.15) is 0 Å². The van der Waals surface area contributed by atoms with Gasteiger partial charge in [0, 0.05) is 5.41 Å². The van der Waals surface area contributed by atoms with Gasteiger partial charge in [-0.15, -0.1) is 0 Å². The van der Waals surface area contributed by atoms with E-state index in [0.717, 1.165) is 34.2 Å². The predicted molar refractivity (Wildman–Crippen MR) is 177 cm³/mol. The number of ether oxygens (including phenoxy) is 3. The SMILES string of the molecule is C=C(C)COOCCOCCOCCOC(=O)c1c(-c2ccccc2)ccc2c1C=CC(c1ccccc1)(c1ccccc1)C2. The van der Waals surface area contributed by atoms with E-state index < -0.39 is 0 Å². The third kappa shape index (κ3) is 8.24. The maximum Gasteiger partial charge on any atom is 0.339 e. The molecule has 0 atom stereocenters. The zero-order valence-electron chi connectivity index (χ0n) is 25.8. The van der Waals surface area contributed by atoms with Crippen LogP contribution in [0.5, 0.6) is 0 Å². The number of carbonyl (C=O) groups excluding carboxylic acids is 1. The predicted octanol–water partition coefficient (Wildman–Crippen LogP) is 7.62. The first-order chi connectivity index (χ1) is 22.1. The van der Waals surface area contributed by atoms with Crippen LogP contribution in [0.25, 0.3) is 17.2 Å². The molecule has 0 bridgehead atoms. The fourth-order valence-electron chi connectivity index (χ4n) is 5.59. The van der Waals surface area contributed by atoms with E-state index in [4.69, 9.17) is 24.0 Å². The molecular formula is C39H40O6. The smallest absolute Gasteiger partial charge is 0.339 e. The third-order valence-electron chi connectivity index (χ3n) is 7.74. The second kappa shape index (κ2) is 16.1. The summed E-state index contributed by atoms with van der Waals surface area (Å²) in [6, 6.07) is 35.3. The molecule has 0 unspecified atom stereocenters. The van der Waals surface area contributed by atoms with Crippen LogP contribution in [0.1, 0.15) is 39.5 Å². The molecule has 4 aromatic rings. The summed E-state index contributed by atoms with van der Waals surface area (Å²) in [6.07, 6.45) is 5.06. The molecule has 1 aliphatic rings. The van der Waals surface area contributed by atoms with Crippen molar-refractivity contribution < 1.29 is 28.8 Å². The van der Waals surface area contributed by atoms with Crippen molar-refractivity contribution in [3.63, 3.8) is 0 Å². The van der Waals surface area contributed by atoms with Gasteiger partial charge in [0.15, 0.2) is 0 Å². The average molecular weight is 605 g/mol. The van der Waals surface area contributed by atoms with Crippen molar-refractivity contribution >= 4 is 12.0 Å². The summed E-state index contributed by atoms with van der Waals surface area (Å²) >= 11 is 0. The van der Waals surface area contributed by atoms with Crippen LogP contribution in [0, 0.1) is 0 Å². The summed E-state index contributed by atoms with van der Waals surface area (Å²) < 4.78 is 16.9. The van der Waals surface area contributed by atoms with Crippen molar-refractivity contribution in [3.05, 3.63) is 149 Å². The molecule has 0 heterocycles. The van der Waals surface area contributed by atoms with E-state index in [1.807, 2.05) is 55.5 Å². The van der Waals surface area contributed by atoms with Gasteiger partial charge in [0.05, 0.1) is 32.0 Å². The van der Waals surface area contributed by atoms with E-state index >= 15 is 0 Å². The second-order valence-corrected chi connectivity index (χ2v) is 11.0. The van der Waals surface area contributed by atoms with Gasteiger partial charge in [-0.1, -0.05) is 127 Å². The first kappa shape index (κ1) is 32.1. The summed E-state index contributed by atoms with van der Waals surface area (Å²) in [5, 5.41) is 0. The normalized spacial score (nSPS) is 13.3. The molecule has 0 aliphatic heterocycles. The maximum atomic E-state index is 13.7. The van der Waals surface area contributed by atoms with Gasteiger partial charge >= 0.3 is 5.97 Å². The van der Waals surface area contributed by atoms with E-state index in [1.54, 1.807) is 0 Å². The Labute approximate surface area is 265 Å². The van der Waals surface area contributed by atoms with Crippen molar-refractivity contribution in [2.45, 2.75) is 18.8 Å². The van der Waals surface area contributed by atoms with Gasteiger partial charge in [-0.3, -0.25) is 0 Å². The monoisotopic (exact) mass is 604 g/mol. The number of hydrogen-bond donors (Lipinski definition) is 0. The second-order valence-electron chi connectivity index (χ2n) is 11.0. The fourth-order valence-corrected chi connectivity index (χ4v) is 5.59. The highest BCUT2D eigenvalue weighted by Gasteiger charge is 2.36. The van der Waals surface area contributed by atoms with E-state index in [2.05, 4.69) is 73.3 Å². The van der Waals surface area contributed by atoms with Gasteiger partial charge < -0.3 is 14.2 Å². The minimum atomic E-state index is -0.367. The van der Waals surface area contributed by atoms with Gasteiger partial charge in [0.25, 0.3) is 0 Å². The topological polar surface area (TPSA) is 63.2 Å². The average Bonchev–Trinajstić information content (AvgIpc) is 3.09. The highest BCUT2D eigenvalue weighted by Crippen LogP contribution is 2.43. The minimum absolute atomic E-state index is 0.135. The molecule has 0 saturated carbocycles. The number of allylic oxidation sites excluding steroid dienone is 1. The van der Waals surface area contributed by atoms with Crippen LogP contribution in [0.15, 0.2) is 121 Å². The van der Waals surface area contributed by atoms with Crippen LogP contribution in [0.2, 0.25) is 0 Å². The lowest BCUT2D eigenvalue weighted by Crippen LogP contribution is -2.31. The molecule has 0 N–H and O–H groups in total. The Balaban J connectivity index is 1.28. The van der Waals surface area contributed by atoms with Crippen molar-refractivity contribution in [2.75, 3.05) is 46.2 Å². The third-order valence-corrected chi connectivity index (χ3v) is 7.74. The summed E-state index contributed by atoms with van der Waals surface area (Å²) in [5.74, 6) is -0.367. The van der Waals surface area contributed by atoms with Gasteiger partial charge in [-0.05, 0) is 46.7 Å². The lowest BCUT2D eigenvalue weighted by Gasteiger charge is -2.36. The largest absolute Gasteiger partial charge is 0.460 e. The lowest BCUT2D eigenvalue weighted by atomic mass is 9.66. The molecule has 0 fully saturated rings. The Kier molecular flexibility index (Phi) is 11.5. The quantitative estimate of drug-likeness (QED) is 0.0431. The molecule has 5 rings (SSSR count). The number of carbonyl (C=O) groups is 1. The van der Waals surface area contributed by atoms with Crippen LogP contribution in [-0.2, 0) is 35.8 Å². The molecule has 45 heavy (non-hydrogen) atoms. The highest BCUT2D eigenvalue weighted by atomic mass is 17.2. The van der Waals surface area contributed by atoms with Crippen molar-refractivity contribution in [1.29, 1.82) is 0 Å². The summed E-state index contributed by atoms with van der Waals surface area (Å²) in [7, 11) is 0. The van der Waals surface area contributed by atoms with Crippen molar-refractivity contribution in [1.82, 2.24) is 0 Å². The Bertz CT molecular complexity index is 1520. The van der Waals surface area contributed by atoms with E-state index in [-0.39, 0.29) is 24.6 Å². The molecule has 6 nitrogen and oxygen atoms in total. The Morgan fingerprint density at radius 3 is 1.91 bits per heavy atom. The summed E-state index contributed by atoms with van der Waals surface area (Å²) in [5.41, 5.74) is 7.32. The number of rotatable bonds is 16. The molecular weight excluding hydrogens is 564 g/mol. The molecule has 0 amide bonds. The zero-order chi connectivity index (χ0) is 31.3. The number of benzene rings is 4. The first-order valence-electron chi connectivity index (χ1n) is 15.3. The fraction of sp³-hybridized carbons (Fsp3) is 0.256. The van der Waals surface area contributed by atoms with Crippen molar-refractivity contribution in [2.24, 2.45) is 0 Å². The molecule has 0 spiro atoms. The number of fused-ring (bicyclic) bond motifs is 1. The molecule has 0 aromatic heterocycles. The molecule has 0 radical (unpaired) electrons. The molecule has 1 aliphatic carbocycles. The van der Waals surface area contributed by atoms with Crippen LogP contribution in [0.4, 0.5) is 0 Å². The van der Waals surface area contributed by atoms with Crippen LogP contribution >= 0.6 is 0 Å². The summed E-state index contributed by atoms with van der Waals surface area (Å²) in [6.45, 7) is 7.86. The van der Waals surface area contributed by atoms with Gasteiger partial charge in [0.2, 0.25) is 0 Å².